The number of halogens is 1. The first-order chi connectivity index (χ1) is 13.5. The number of aliphatic hydroxyl groups is 1. The first-order valence-electron chi connectivity index (χ1n) is 9.55. The van der Waals surface area contributed by atoms with Gasteiger partial charge in [0.25, 0.3) is 5.91 Å². The van der Waals surface area contributed by atoms with Gasteiger partial charge >= 0.3 is 0 Å². The molecule has 0 spiro atoms. The van der Waals surface area contributed by atoms with Crippen LogP contribution in [0.1, 0.15) is 47.3 Å². The van der Waals surface area contributed by atoms with Crippen LogP contribution >= 0.6 is 0 Å². The Morgan fingerprint density at radius 2 is 2.14 bits per heavy atom. The van der Waals surface area contributed by atoms with Gasteiger partial charge in [0.1, 0.15) is 11.3 Å². The molecule has 7 heteroatoms. The van der Waals surface area contributed by atoms with Crippen molar-refractivity contribution < 1.29 is 14.3 Å². The van der Waals surface area contributed by atoms with E-state index in [2.05, 4.69) is 15.3 Å². The van der Waals surface area contributed by atoms with E-state index in [4.69, 9.17) is 0 Å². The molecule has 1 amide bonds. The van der Waals surface area contributed by atoms with E-state index in [0.29, 0.717) is 24.2 Å². The van der Waals surface area contributed by atoms with Gasteiger partial charge in [0.15, 0.2) is 0 Å². The molecule has 2 atom stereocenters. The van der Waals surface area contributed by atoms with Crippen LogP contribution in [0.3, 0.4) is 0 Å². The lowest BCUT2D eigenvalue weighted by Gasteiger charge is -2.28. The number of pyridine rings is 2. The van der Waals surface area contributed by atoms with Crippen molar-refractivity contribution in [3.8, 4) is 0 Å². The van der Waals surface area contributed by atoms with Crippen molar-refractivity contribution in [2.75, 3.05) is 0 Å². The second-order valence-electron chi connectivity index (χ2n) is 7.43. The van der Waals surface area contributed by atoms with Crippen LogP contribution in [0, 0.1) is 5.95 Å². The van der Waals surface area contributed by atoms with Crippen LogP contribution in [0.25, 0.3) is 11.0 Å². The maximum absolute atomic E-state index is 13.1. The molecular formula is C21H23FN4O2. The molecule has 0 unspecified atom stereocenters. The van der Waals surface area contributed by atoms with Crippen LogP contribution in [-0.2, 0) is 13.5 Å². The third kappa shape index (κ3) is 3.75. The van der Waals surface area contributed by atoms with Crippen molar-refractivity contribution in [1.29, 1.82) is 0 Å². The summed E-state index contributed by atoms with van der Waals surface area (Å²) in [7, 11) is 1.88. The number of aryl methyl sites for hydroxylation is 1. The lowest BCUT2D eigenvalue weighted by atomic mass is 9.92. The Morgan fingerprint density at radius 3 is 2.89 bits per heavy atom. The number of carbonyl (C=O) groups is 1. The maximum Gasteiger partial charge on any atom is 0.270 e. The average Bonchev–Trinajstić information content (AvgIpc) is 3.07. The van der Waals surface area contributed by atoms with E-state index in [1.807, 2.05) is 23.9 Å². The number of nitrogens with one attached hydrogen (secondary N) is 1. The van der Waals surface area contributed by atoms with E-state index < -0.39 is 12.1 Å². The van der Waals surface area contributed by atoms with Crippen LogP contribution in [0.5, 0.6) is 0 Å². The molecule has 3 aromatic rings. The second kappa shape index (κ2) is 7.67. The minimum absolute atomic E-state index is 0.239. The molecule has 28 heavy (non-hydrogen) atoms. The summed E-state index contributed by atoms with van der Waals surface area (Å²) in [6.07, 6.45) is 6.86. The molecule has 0 radical (unpaired) electrons. The summed E-state index contributed by atoms with van der Waals surface area (Å²) >= 11 is 0. The smallest absolute Gasteiger partial charge is 0.270 e. The molecule has 1 aliphatic rings. The number of nitrogens with zero attached hydrogens (tertiary/aromatic N) is 3. The van der Waals surface area contributed by atoms with Gasteiger partial charge in [0.05, 0.1) is 12.1 Å². The van der Waals surface area contributed by atoms with Gasteiger partial charge in [0, 0.05) is 24.8 Å². The van der Waals surface area contributed by atoms with Gasteiger partial charge in [-0.3, -0.25) is 4.79 Å². The molecule has 3 aromatic heterocycles. The summed E-state index contributed by atoms with van der Waals surface area (Å²) in [5, 5.41) is 14.0. The summed E-state index contributed by atoms with van der Waals surface area (Å²) in [6, 6.07) is 6.51. The Balaban J connectivity index is 1.65. The van der Waals surface area contributed by atoms with Gasteiger partial charge in [-0.1, -0.05) is 18.9 Å². The zero-order chi connectivity index (χ0) is 19.7. The van der Waals surface area contributed by atoms with Gasteiger partial charge in [-0.25, -0.2) is 9.97 Å². The van der Waals surface area contributed by atoms with E-state index in [0.717, 1.165) is 35.8 Å². The summed E-state index contributed by atoms with van der Waals surface area (Å²) < 4.78 is 15.0. The zero-order valence-corrected chi connectivity index (χ0v) is 15.7. The molecule has 2 N–H and O–H groups in total. The third-order valence-corrected chi connectivity index (χ3v) is 5.38. The number of amides is 1. The number of aliphatic hydroxyl groups excluding tert-OH is 1. The Hall–Kier alpha value is -2.80. The Morgan fingerprint density at radius 1 is 1.32 bits per heavy atom. The zero-order valence-electron chi connectivity index (χ0n) is 15.7. The minimum atomic E-state index is -0.519. The molecular weight excluding hydrogens is 359 g/mol. The summed E-state index contributed by atoms with van der Waals surface area (Å²) in [4.78, 5) is 21.1. The number of hydrogen-bond acceptors (Lipinski definition) is 4. The number of rotatable bonds is 4. The fourth-order valence-corrected chi connectivity index (χ4v) is 3.82. The van der Waals surface area contributed by atoms with Gasteiger partial charge in [-0.2, -0.15) is 4.39 Å². The molecule has 4 rings (SSSR count). The van der Waals surface area contributed by atoms with E-state index >= 15 is 0 Å². The SMILES string of the molecule is Cn1ccc2c(Cc3ccc(F)nc3)cc(C(=O)N[C@H]3CCCC[C@@H]3O)nc21. The molecule has 0 saturated heterocycles. The largest absolute Gasteiger partial charge is 0.391 e. The Kier molecular flexibility index (Phi) is 5.09. The number of hydrogen-bond donors (Lipinski definition) is 2. The molecule has 6 nitrogen and oxygen atoms in total. The van der Waals surface area contributed by atoms with E-state index in [-0.39, 0.29) is 11.9 Å². The average molecular weight is 382 g/mol. The summed E-state index contributed by atoms with van der Waals surface area (Å²) in [6.45, 7) is 0. The minimum Gasteiger partial charge on any atom is -0.391 e. The quantitative estimate of drug-likeness (QED) is 0.680. The first kappa shape index (κ1) is 18.6. The van der Waals surface area contributed by atoms with Crippen LogP contribution in [0.15, 0.2) is 36.7 Å². The number of carbonyl (C=O) groups excluding carboxylic acids is 1. The van der Waals surface area contributed by atoms with Crippen LogP contribution in [-0.4, -0.2) is 37.7 Å². The van der Waals surface area contributed by atoms with Crippen molar-refractivity contribution in [2.24, 2.45) is 7.05 Å². The molecule has 1 aliphatic carbocycles. The van der Waals surface area contributed by atoms with E-state index in [1.54, 1.807) is 12.1 Å². The van der Waals surface area contributed by atoms with Crippen LogP contribution in [0.4, 0.5) is 4.39 Å². The van der Waals surface area contributed by atoms with Crippen molar-refractivity contribution in [3.63, 3.8) is 0 Å². The Labute approximate surface area is 162 Å². The predicted octanol–water partition coefficient (Wildman–Crippen LogP) is 2.73. The summed E-state index contributed by atoms with van der Waals surface area (Å²) in [5.74, 6) is -0.804. The molecule has 1 fully saturated rings. The monoisotopic (exact) mass is 382 g/mol. The second-order valence-corrected chi connectivity index (χ2v) is 7.43. The third-order valence-electron chi connectivity index (χ3n) is 5.38. The van der Waals surface area contributed by atoms with E-state index in [1.165, 1.54) is 12.3 Å². The Bertz CT molecular complexity index is 1000. The fourth-order valence-electron chi connectivity index (χ4n) is 3.82. The fraction of sp³-hybridized carbons (Fsp3) is 0.381. The van der Waals surface area contributed by atoms with Crippen molar-refractivity contribution >= 4 is 16.9 Å². The van der Waals surface area contributed by atoms with Gasteiger partial charge in [0.2, 0.25) is 5.95 Å². The molecule has 3 heterocycles. The van der Waals surface area contributed by atoms with Crippen molar-refractivity contribution in [1.82, 2.24) is 19.9 Å². The number of aromatic nitrogens is 3. The van der Waals surface area contributed by atoms with Gasteiger partial charge < -0.3 is 15.0 Å². The lowest BCUT2D eigenvalue weighted by Crippen LogP contribution is -2.45. The summed E-state index contributed by atoms with van der Waals surface area (Å²) in [5.41, 5.74) is 2.80. The predicted molar refractivity (Wildman–Crippen MR) is 103 cm³/mol. The molecule has 1 saturated carbocycles. The van der Waals surface area contributed by atoms with Crippen molar-refractivity contribution in [3.05, 3.63) is 59.4 Å². The first-order valence-corrected chi connectivity index (χ1v) is 9.55. The topological polar surface area (TPSA) is 80.0 Å². The van der Waals surface area contributed by atoms with Crippen LogP contribution in [0.2, 0.25) is 0 Å². The van der Waals surface area contributed by atoms with E-state index in [9.17, 15) is 14.3 Å². The van der Waals surface area contributed by atoms with Gasteiger partial charge in [-0.05, 0) is 48.6 Å². The lowest BCUT2D eigenvalue weighted by molar-refractivity contribution is 0.0714. The van der Waals surface area contributed by atoms with Gasteiger partial charge in [-0.15, -0.1) is 0 Å². The standard InChI is InChI=1S/C21H23FN4O2/c1-26-9-8-15-14(10-13-6-7-19(22)23-12-13)11-17(24-20(15)26)21(28)25-16-4-2-3-5-18(16)27/h6-9,11-12,16,18,27H,2-5,10H2,1H3,(H,25,28)/t16-,18-/m0/s1. The normalized spacial score (nSPS) is 19.7. The highest BCUT2D eigenvalue weighted by Crippen LogP contribution is 2.23. The number of fused-ring (bicyclic) bond motifs is 1. The molecule has 146 valence electrons. The molecule has 0 aliphatic heterocycles. The highest BCUT2D eigenvalue weighted by atomic mass is 19.1. The van der Waals surface area contributed by atoms with Crippen LogP contribution < -0.4 is 5.32 Å². The maximum atomic E-state index is 13.1. The highest BCUT2D eigenvalue weighted by Gasteiger charge is 2.25. The highest BCUT2D eigenvalue weighted by molar-refractivity contribution is 5.95. The van der Waals surface area contributed by atoms with Crippen molar-refractivity contribution in [2.45, 2.75) is 44.2 Å². The molecule has 0 bridgehead atoms. The molecule has 0 aromatic carbocycles.